The number of rotatable bonds is 10. The van der Waals surface area contributed by atoms with Crippen LogP contribution in [-0.2, 0) is 26.1 Å². The quantitative estimate of drug-likeness (QED) is 0.255. The number of aryl methyl sites for hydroxylation is 1. The van der Waals surface area contributed by atoms with Crippen LogP contribution >= 0.6 is 0 Å². The van der Waals surface area contributed by atoms with Gasteiger partial charge in [0, 0.05) is 74.8 Å². The number of carboxylic acids is 1. The molecule has 224 valence electrons. The van der Waals surface area contributed by atoms with E-state index in [1.54, 1.807) is 30.6 Å². The van der Waals surface area contributed by atoms with E-state index in [9.17, 15) is 14.3 Å². The number of aromatic nitrogens is 6. The second kappa shape index (κ2) is 12.5. The van der Waals surface area contributed by atoms with E-state index in [4.69, 9.17) is 15.1 Å². The minimum atomic E-state index is -1.03. The molecule has 5 aromatic rings. The van der Waals surface area contributed by atoms with Crippen LogP contribution in [0.5, 0.6) is 5.88 Å². The number of imidazole rings is 1. The topological polar surface area (TPSA) is 138 Å². The number of benzene rings is 1. The Kier molecular flexibility index (Phi) is 8.16. The summed E-state index contributed by atoms with van der Waals surface area (Å²) in [7, 11) is 0. The van der Waals surface area contributed by atoms with Crippen molar-refractivity contribution in [3.8, 4) is 11.9 Å². The molecule has 44 heavy (non-hydrogen) atoms. The van der Waals surface area contributed by atoms with Crippen molar-refractivity contribution in [2.24, 2.45) is 0 Å². The fourth-order valence-electron chi connectivity index (χ4n) is 5.32. The number of halogens is 1. The SMILES string of the molecule is CCn1cncc1Cc1c(CN2CCN(c3cccc(OCc4ccc(C#N)cc4F)n3)CC2)nn2ncc(C(=O)O)cc12. The van der Waals surface area contributed by atoms with Gasteiger partial charge in [0.2, 0.25) is 5.88 Å². The van der Waals surface area contributed by atoms with Gasteiger partial charge in [0.05, 0.1) is 40.9 Å². The van der Waals surface area contributed by atoms with E-state index in [0.29, 0.717) is 29.9 Å². The average molecular weight is 596 g/mol. The third-order valence-corrected chi connectivity index (χ3v) is 7.77. The molecule has 13 heteroatoms. The van der Waals surface area contributed by atoms with Gasteiger partial charge in [-0.25, -0.2) is 14.2 Å². The number of ether oxygens (including phenoxy) is 1. The molecule has 1 aliphatic heterocycles. The number of piperazine rings is 1. The third-order valence-electron chi connectivity index (χ3n) is 7.77. The van der Waals surface area contributed by atoms with Crippen LogP contribution in [0.25, 0.3) is 5.52 Å². The third kappa shape index (κ3) is 6.06. The molecule has 0 bridgehead atoms. The minimum absolute atomic E-state index is 0.00494. The number of hydrogen-bond donors (Lipinski definition) is 1. The number of carboxylic acid groups (broad SMARTS) is 1. The highest BCUT2D eigenvalue weighted by atomic mass is 19.1. The van der Waals surface area contributed by atoms with Crippen molar-refractivity contribution in [2.75, 3.05) is 31.1 Å². The molecule has 1 N–H and O–H groups in total. The number of pyridine rings is 1. The molecule has 12 nitrogen and oxygen atoms in total. The van der Waals surface area contributed by atoms with E-state index in [0.717, 1.165) is 55.5 Å². The number of anilines is 1. The van der Waals surface area contributed by atoms with E-state index in [-0.39, 0.29) is 17.7 Å². The smallest absolute Gasteiger partial charge is 0.337 e. The van der Waals surface area contributed by atoms with Gasteiger partial charge in [0.1, 0.15) is 18.2 Å². The Morgan fingerprint density at radius 3 is 2.73 bits per heavy atom. The van der Waals surface area contributed by atoms with E-state index >= 15 is 0 Å². The zero-order valence-electron chi connectivity index (χ0n) is 24.1. The highest BCUT2D eigenvalue weighted by Crippen LogP contribution is 2.24. The Morgan fingerprint density at radius 2 is 1.98 bits per heavy atom. The van der Waals surface area contributed by atoms with Crippen molar-refractivity contribution in [1.82, 2.24) is 34.3 Å². The summed E-state index contributed by atoms with van der Waals surface area (Å²) < 4.78 is 23.6. The molecule has 6 rings (SSSR count). The van der Waals surface area contributed by atoms with Crippen LogP contribution in [-0.4, -0.2) is 71.5 Å². The van der Waals surface area contributed by atoms with Gasteiger partial charge in [-0.15, -0.1) is 0 Å². The molecule has 1 aliphatic rings. The molecule has 5 heterocycles. The second-order valence-corrected chi connectivity index (χ2v) is 10.5. The van der Waals surface area contributed by atoms with Crippen LogP contribution in [0, 0.1) is 17.1 Å². The fraction of sp³-hybridized carbons (Fsp3) is 0.290. The molecule has 0 spiro atoms. The lowest BCUT2D eigenvalue weighted by Crippen LogP contribution is -2.46. The maximum absolute atomic E-state index is 14.3. The number of nitriles is 1. The van der Waals surface area contributed by atoms with Crippen molar-refractivity contribution >= 4 is 17.3 Å². The van der Waals surface area contributed by atoms with Gasteiger partial charge >= 0.3 is 5.97 Å². The largest absolute Gasteiger partial charge is 0.478 e. The van der Waals surface area contributed by atoms with Crippen molar-refractivity contribution in [2.45, 2.75) is 33.0 Å². The predicted octanol–water partition coefficient (Wildman–Crippen LogP) is 3.54. The molecule has 1 aromatic carbocycles. The monoisotopic (exact) mass is 595 g/mol. The van der Waals surface area contributed by atoms with Crippen molar-refractivity contribution in [3.05, 3.63) is 101 Å². The molecule has 1 saturated heterocycles. The zero-order valence-corrected chi connectivity index (χ0v) is 24.1. The number of aromatic carboxylic acids is 1. The van der Waals surface area contributed by atoms with E-state index < -0.39 is 11.8 Å². The summed E-state index contributed by atoms with van der Waals surface area (Å²) in [5, 5.41) is 27.5. The lowest BCUT2D eigenvalue weighted by molar-refractivity contribution is 0.0696. The van der Waals surface area contributed by atoms with Crippen molar-refractivity contribution in [3.63, 3.8) is 0 Å². The Hall–Kier alpha value is -5.35. The van der Waals surface area contributed by atoms with Crippen molar-refractivity contribution in [1.29, 1.82) is 5.26 Å². The molecular formula is C31H30FN9O3. The standard InChI is InChI=1S/C31H30FN9O3/c1-2-39-20-34-17-24(39)14-25-27(37-41-28(25)13-23(16-35-41)31(42)43)18-38-8-10-40(11-9-38)29-4-3-5-30(36-29)44-19-22-7-6-21(15-33)12-26(22)32/h3-7,12-13,16-17,20H,2,8-11,14,18-19H2,1H3,(H,42,43). The van der Waals surface area contributed by atoms with Gasteiger partial charge in [-0.05, 0) is 31.2 Å². The summed E-state index contributed by atoms with van der Waals surface area (Å²) in [6.45, 7) is 6.40. The maximum atomic E-state index is 14.3. The summed E-state index contributed by atoms with van der Waals surface area (Å²) in [4.78, 5) is 25.1. The summed E-state index contributed by atoms with van der Waals surface area (Å²) in [6, 6.07) is 13.4. The highest BCUT2D eigenvalue weighted by molar-refractivity contribution is 5.88. The van der Waals surface area contributed by atoms with Gasteiger partial charge in [-0.1, -0.05) is 12.1 Å². The predicted molar refractivity (Wildman–Crippen MR) is 158 cm³/mol. The first-order chi connectivity index (χ1) is 21.4. The van der Waals surface area contributed by atoms with Crippen LogP contribution in [0.1, 0.15) is 45.4 Å². The number of carbonyl (C=O) groups is 1. The molecule has 0 unspecified atom stereocenters. The molecule has 4 aromatic heterocycles. The lowest BCUT2D eigenvalue weighted by atomic mass is 10.1. The normalized spacial score (nSPS) is 13.7. The number of fused-ring (bicyclic) bond motifs is 1. The summed E-state index contributed by atoms with van der Waals surface area (Å²) in [5.74, 6) is -0.358. The molecule has 0 amide bonds. The summed E-state index contributed by atoms with van der Waals surface area (Å²) in [5.41, 5.74) is 4.20. The molecule has 0 atom stereocenters. The maximum Gasteiger partial charge on any atom is 0.337 e. The molecule has 0 radical (unpaired) electrons. The number of nitrogens with zero attached hydrogens (tertiary/aromatic N) is 9. The molecule has 0 saturated carbocycles. The Bertz CT molecular complexity index is 1850. The Morgan fingerprint density at radius 1 is 1.14 bits per heavy atom. The van der Waals surface area contributed by atoms with E-state index in [2.05, 4.69) is 36.4 Å². The van der Waals surface area contributed by atoms with E-state index in [1.807, 2.05) is 24.4 Å². The van der Waals surface area contributed by atoms with Crippen LogP contribution in [0.15, 0.2) is 61.2 Å². The molecular weight excluding hydrogens is 565 g/mol. The summed E-state index contributed by atoms with van der Waals surface area (Å²) in [6.07, 6.45) is 5.49. The minimum Gasteiger partial charge on any atom is -0.478 e. The first kappa shape index (κ1) is 28.8. The summed E-state index contributed by atoms with van der Waals surface area (Å²) >= 11 is 0. The van der Waals surface area contributed by atoms with Gasteiger partial charge in [-0.3, -0.25) is 4.90 Å². The zero-order chi connectivity index (χ0) is 30.6. The molecule has 1 fully saturated rings. The van der Waals surface area contributed by atoms with Crippen LogP contribution in [0.3, 0.4) is 0 Å². The lowest BCUT2D eigenvalue weighted by Gasteiger charge is -2.35. The van der Waals surface area contributed by atoms with Crippen LogP contribution < -0.4 is 9.64 Å². The van der Waals surface area contributed by atoms with Gasteiger partial charge in [0.25, 0.3) is 0 Å². The molecule has 0 aliphatic carbocycles. The van der Waals surface area contributed by atoms with Crippen LogP contribution in [0.2, 0.25) is 0 Å². The first-order valence-electron chi connectivity index (χ1n) is 14.3. The highest BCUT2D eigenvalue weighted by Gasteiger charge is 2.23. The second-order valence-electron chi connectivity index (χ2n) is 10.5. The van der Waals surface area contributed by atoms with Crippen LogP contribution in [0.4, 0.5) is 10.2 Å². The fourth-order valence-corrected chi connectivity index (χ4v) is 5.32. The Labute approximate surface area is 252 Å². The first-order valence-corrected chi connectivity index (χ1v) is 14.3. The van der Waals surface area contributed by atoms with Gasteiger partial charge in [-0.2, -0.15) is 25.1 Å². The van der Waals surface area contributed by atoms with E-state index in [1.165, 1.54) is 16.9 Å². The Balaban J connectivity index is 1.14. The van der Waals surface area contributed by atoms with Crippen molar-refractivity contribution < 1.29 is 19.0 Å². The average Bonchev–Trinajstić information content (AvgIpc) is 3.64. The van der Waals surface area contributed by atoms with Gasteiger partial charge in [0.15, 0.2) is 0 Å². The van der Waals surface area contributed by atoms with Gasteiger partial charge < -0.3 is 19.3 Å². The number of hydrogen-bond acceptors (Lipinski definition) is 9.